The second kappa shape index (κ2) is 6.40. The first-order valence-electron chi connectivity index (χ1n) is 7.25. The van der Waals surface area contributed by atoms with Crippen molar-refractivity contribution in [3.8, 4) is 33.9 Å². The molecule has 0 saturated carbocycles. The van der Waals surface area contributed by atoms with Crippen LogP contribution in [0.25, 0.3) is 22.4 Å². The standard InChI is InChI=1S/C19H18N2O2/c1-22-16-7-8-17(19(12-16)23-2)18-11-14(9-10-21-18)13-3-5-15(20)6-4-13/h3-12H,20H2,1-2H3. The van der Waals surface area contributed by atoms with Gasteiger partial charge in [-0.3, -0.25) is 4.98 Å². The molecule has 1 aromatic heterocycles. The van der Waals surface area contributed by atoms with Gasteiger partial charge in [-0.25, -0.2) is 0 Å². The maximum Gasteiger partial charge on any atom is 0.131 e. The summed E-state index contributed by atoms with van der Waals surface area (Å²) in [5.41, 5.74) is 10.4. The van der Waals surface area contributed by atoms with Crippen molar-refractivity contribution in [3.63, 3.8) is 0 Å². The van der Waals surface area contributed by atoms with E-state index in [1.165, 1.54) is 0 Å². The number of nitrogens with zero attached hydrogens (tertiary/aromatic N) is 1. The third-order valence-corrected chi connectivity index (χ3v) is 3.69. The predicted octanol–water partition coefficient (Wildman–Crippen LogP) is 4.02. The van der Waals surface area contributed by atoms with Crippen LogP contribution in [0.5, 0.6) is 11.5 Å². The second-order valence-corrected chi connectivity index (χ2v) is 5.12. The molecule has 0 bridgehead atoms. The molecule has 0 radical (unpaired) electrons. The first-order valence-corrected chi connectivity index (χ1v) is 7.25. The summed E-state index contributed by atoms with van der Waals surface area (Å²) in [6, 6.07) is 17.5. The van der Waals surface area contributed by atoms with E-state index in [9.17, 15) is 0 Å². The summed E-state index contributed by atoms with van der Waals surface area (Å²) >= 11 is 0. The predicted molar refractivity (Wildman–Crippen MR) is 92.6 cm³/mol. The summed E-state index contributed by atoms with van der Waals surface area (Å²) in [5.74, 6) is 1.48. The Morgan fingerprint density at radius 2 is 1.61 bits per heavy atom. The average molecular weight is 306 g/mol. The number of hydrogen-bond acceptors (Lipinski definition) is 4. The molecule has 4 heteroatoms. The van der Waals surface area contributed by atoms with Gasteiger partial charge in [-0.2, -0.15) is 0 Å². The van der Waals surface area contributed by atoms with E-state index in [1.807, 2.05) is 54.6 Å². The zero-order chi connectivity index (χ0) is 16.2. The summed E-state index contributed by atoms with van der Waals surface area (Å²) in [7, 11) is 3.27. The minimum absolute atomic E-state index is 0.728. The topological polar surface area (TPSA) is 57.4 Å². The van der Waals surface area contributed by atoms with Crippen LogP contribution in [-0.4, -0.2) is 19.2 Å². The molecular formula is C19H18N2O2. The second-order valence-electron chi connectivity index (χ2n) is 5.12. The number of hydrogen-bond donors (Lipinski definition) is 1. The van der Waals surface area contributed by atoms with Crippen LogP contribution in [0.2, 0.25) is 0 Å². The molecule has 0 saturated heterocycles. The lowest BCUT2D eigenvalue weighted by molar-refractivity contribution is 0.395. The minimum Gasteiger partial charge on any atom is -0.497 e. The summed E-state index contributed by atoms with van der Waals surface area (Å²) in [6.45, 7) is 0. The lowest BCUT2D eigenvalue weighted by atomic mass is 10.0. The Balaban J connectivity index is 2.04. The van der Waals surface area contributed by atoms with E-state index in [0.29, 0.717) is 0 Å². The molecule has 0 aliphatic rings. The molecule has 116 valence electrons. The highest BCUT2D eigenvalue weighted by Gasteiger charge is 2.10. The fourth-order valence-electron chi connectivity index (χ4n) is 2.44. The molecule has 3 aromatic rings. The van der Waals surface area contributed by atoms with Crippen molar-refractivity contribution in [2.45, 2.75) is 0 Å². The fourth-order valence-corrected chi connectivity index (χ4v) is 2.44. The van der Waals surface area contributed by atoms with Gasteiger partial charge in [0.2, 0.25) is 0 Å². The molecule has 0 fully saturated rings. The van der Waals surface area contributed by atoms with Crippen LogP contribution in [0.4, 0.5) is 5.69 Å². The van der Waals surface area contributed by atoms with E-state index in [2.05, 4.69) is 4.98 Å². The van der Waals surface area contributed by atoms with Crippen LogP contribution in [-0.2, 0) is 0 Å². The molecule has 0 aliphatic carbocycles. The smallest absolute Gasteiger partial charge is 0.131 e. The van der Waals surface area contributed by atoms with Crippen molar-refractivity contribution in [1.29, 1.82) is 0 Å². The summed E-state index contributed by atoms with van der Waals surface area (Å²) in [6.07, 6.45) is 1.80. The lowest BCUT2D eigenvalue weighted by Crippen LogP contribution is -1.92. The first kappa shape index (κ1) is 14.9. The van der Waals surface area contributed by atoms with Crippen LogP contribution in [0, 0.1) is 0 Å². The van der Waals surface area contributed by atoms with E-state index in [1.54, 1.807) is 20.4 Å². The molecule has 3 rings (SSSR count). The number of rotatable bonds is 4. The van der Waals surface area contributed by atoms with Crippen molar-refractivity contribution in [3.05, 3.63) is 60.8 Å². The van der Waals surface area contributed by atoms with E-state index < -0.39 is 0 Å². The van der Waals surface area contributed by atoms with E-state index >= 15 is 0 Å². The quantitative estimate of drug-likeness (QED) is 0.740. The third kappa shape index (κ3) is 3.11. The molecule has 23 heavy (non-hydrogen) atoms. The van der Waals surface area contributed by atoms with E-state index in [-0.39, 0.29) is 0 Å². The molecule has 0 aliphatic heterocycles. The van der Waals surface area contributed by atoms with Gasteiger partial charge in [0, 0.05) is 23.5 Å². The molecule has 2 N–H and O–H groups in total. The first-order chi connectivity index (χ1) is 11.2. The van der Waals surface area contributed by atoms with Gasteiger partial charge in [0.15, 0.2) is 0 Å². The molecule has 0 spiro atoms. The van der Waals surface area contributed by atoms with Gasteiger partial charge in [-0.05, 0) is 47.5 Å². The van der Waals surface area contributed by atoms with Gasteiger partial charge in [0.1, 0.15) is 11.5 Å². The van der Waals surface area contributed by atoms with Crippen molar-refractivity contribution >= 4 is 5.69 Å². The number of aromatic nitrogens is 1. The number of methoxy groups -OCH3 is 2. The maximum atomic E-state index is 5.75. The summed E-state index contributed by atoms with van der Waals surface area (Å²) < 4.78 is 10.7. The Hall–Kier alpha value is -3.01. The van der Waals surface area contributed by atoms with Crippen LogP contribution in [0.1, 0.15) is 0 Å². The Bertz CT molecular complexity index is 814. The highest BCUT2D eigenvalue weighted by molar-refractivity contribution is 5.74. The lowest BCUT2D eigenvalue weighted by Gasteiger charge is -2.11. The fraction of sp³-hybridized carbons (Fsp3) is 0.105. The van der Waals surface area contributed by atoms with E-state index in [4.69, 9.17) is 15.2 Å². The number of nitrogen functional groups attached to an aromatic ring is 1. The third-order valence-electron chi connectivity index (χ3n) is 3.69. The molecule has 4 nitrogen and oxygen atoms in total. The minimum atomic E-state index is 0.728. The zero-order valence-corrected chi connectivity index (χ0v) is 13.1. The number of anilines is 1. The van der Waals surface area contributed by atoms with Gasteiger partial charge >= 0.3 is 0 Å². The number of pyridine rings is 1. The van der Waals surface area contributed by atoms with Crippen molar-refractivity contribution in [2.24, 2.45) is 0 Å². The molecule has 1 heterocycles. The molecule has 0 unspecified atom stereocenters. The Morgan fingerprint density at radius 3 is 2.30 bits per heavy atom. The van der Waals surface area contributed by atoms with Crippen LogP contribution in [0.15, 0.2) is 60.8 Å². The highest BCUT2D eigenvalue weighted by atomic mass is 16.5. The van der Waals surface area contributed by atoms with Gasteiger partial charge in [-0.15, -0.1) is 0 Å². The Morgan fingerprint density at radius 1 is 0.826 bits per heavy atom. The molecule has 0 amide bonds. The number of nitrogens with two attached hydrogens (primary N) is 1. The number of ether oxygens (including phenoxy) is 2. The van der Waals surface area contributed by atoms with Crippen LogP contribution < -0.4 is 15.2 Å². The Labute approximate surface area is 135 Å². The average Bonchev–Trinajstić information content (AvgIpc) is 2.62. The largest absolute Gasteiger partial charge is 0.497 e. The van der Waals surface area contributed by atoms with Crippen molar-refractivity contribution < 1.29 is 9.47 Å². The van der Waals surface area contributed by atoms with Gasteiger partial charge in [0.05, 0.1) is 19.9 Å². The molecule has 0 atom stereocenters. The monoisotopic (exact) mass is 306 g/mol. The normalized spacial score (nSPS) is 10.3. The number of benzene rings is 2. The molecule has 2 aromatic carbocycles. The van der Waals surface area contributed by atoms with Crippen LogP contribution in [0.3, 0.4) is 0 Å². The SMILES string of the molecule is COc1ccc(-c2cc(-c3ccc(N)cc3)ccn2)c(OC)c1. The Kier molecular flexibility index (Phi) is 4.15. The zero-order valence-electron chi connectivity index (χ0n) is 13.1. The van der Waals surface area contributed by atoms with Crippen molar-refractivity contribution in [1.82, 2.24) is 4.98 Å². The van der Waals surface area contributed by atoms with Gasteiger partial charge < -0.3 is 15.2 Å². The van der Waals surface area contributed by atoms with Gasteiger partial charge in [0.25, 0.3) is 0 Å². The molecular weight excluding hydrogens is 288 g/mol. The van der Waals surface area contributed by atoms with Crippen molar-refractivity contribution in [2.75, 3.05) is 20.0 Å². The van der Waals surface area contributed by atoms with E-state index in [0.717, 1.165) is 39.6 Å². The summed E-state index contributed by atoms with van der Waals surface area (Å²) in [4.78, 5) is 4.47. The van der Waals surface area contributed by atoms with Gasteiger partial charge in [-0.1, -0.05) is 12.1 Å². The maximum absolute atomic E-state index is 5.75. The highest BCUT2D eigenvalue weighted by Crippen LogP contribution is 2.33. The summed E-state index contributed by atoms with van der Waals surface area (Å²) in [5, 5.41) is 0. The van der Waals surface area contributed by atoms with Crippen LogP contribution >= 0.6 is 0 Å².